The summed E-state index contributed by atoms with van der Waals surface area (Å²) in [7, 11) is -3.35. The Morgan fingerprint density at radius 3 is 2.32 bits per heavy atom. The standard InChI is InChI=1S/C12H27N3O3S/c1-3-14(4-2)10-7-13-19(17,18)15-8-5-12(11-16)6-9-15/h12-13,16H,3-11H2,1-2H3. The summed E-state index contributed by atoms with van der Waals surface area (Å²) >= 11 is 0. The van der Waals surface area contributed by atoms with Crippen molar-refractivity contribution in [3.05, 3.63) is 0 Å². The first kappa shape index (κ1) is 16.8. The lowest BCUT2D eigenvalue weighted by atomic mass is 10.00. The first-order valence-corrected chi connectivity index (χ1v) is 8.55. The first-order valence-electron chi connectivity index (χ1n) is 7.11. The largest absolute Gasteiger partial charge is 0.396 e. The normalized spacial score (nSPS) is 19.2. The van der Waals surface area contributed by atoms with Gasteiger partial charge in [0.05, 0.1) is 0 Å². The zero-order valence-corrected chi connectivity index (χ0v) is 12.8. The van der Waals surface area contributed by atoms with Gasteiger partial charge in [0.15, 0.2) is 0 Å². The minimum Gasteiger partial charge on any atom is -0.396 e. The number of piperidine rings is 1. The Bertz CT molecular complexity index is 336. The molecule has 0 unspecified atom stereocenters. The highest BCUT2D eigenvalue weighted by atomic mass is 32.2. The van der Waals surface area contributed by atoms with Crippen LogP contribution in [0, 0.1) is 5.92 Å². The quantitative estimate of drug-likeness (QED) is 0.654. The van der Waals surface area contributed by atoms with Crippen molar-refractivity contribution in [2.45, 2.75) is 26.7 Å². The van der Waals surface area contributed by atoms with Crippen LogP contribution in [0.3, 0.4) is 0 Å². The molecule has 0 spiro atoms. The molecule has 1 aliphatic heterocycles. The molecule has 0 aliphatic carbocycles. The molecule has 1 heterocycles. The van der Waals surface area contributed by atoms with Gasteiger partial charge in [0.25, 0.3) is 10.2 Å². The van der Waals surface area contributed by atoms with Gasteiger partial charge < -0.3 is 10.0 Å². The lowest BCUT2D eigenvalue weighted by Gasteiger charge is -2.30. The van der Waals surface area contributed by atoms with Crippen LogP contribution < -0.4 is 4.72 Å². The van der Waals surface area contributed by atoms with E-state index in [1.807, 2.05) is 0 Å². The van der Waals surface area contributed by atoms with Gasteiger partial charge in [-0.2, -0.15) is 12.7 Å². The van der Waals surface area contributed by atoms with Crippen molar-refractivity contribution in [2.24, 2.45) is 5.92 Å². The van der Waals surface area contributed by atoms with E-state index in [2.05, 4.69) is 23.5 Å². The summed E-state index contributed by atoms with van der Waals surface area (Å²) in [5, 5.41) is 9.05. The number of hydrogen-bond donors (Lipinski definition) is 2. The molecule has 0 aromatic carbocycles. The molecule has 1 rings (SSSR count). The molecule has 1 fully saturated rings. The smallest absolute Gasteiger partial charge is 0.279 e. The van der Waals surface area contributed by atoms with Crippen molar-refractivity contribution < 1.29 is 13.5 Å². The van der Waals surface area contributed by atoms with Crippen LogP contribution in [0.15, 0.2) is 0 Å². The second-order valence-corrected chi connectivity index (χ2v) is 6.71. The molecule has 0 aromatic rings. The predicted molar refractivity (Wildman–Crippen MR) is 76.1 cm³/mol. The highest BCUT2D eigenvalue weighted by Gasteiger charge is 2.27. The average Bonchev–Trinajstić information content (AvgIpc) is 2.43. The molecule has 0 bridgehead atoms. The Hall–Kier alpha value is -0.210. The average molecular weight is 293 g/mol. The Kier molecular flexibility index (Phi) is 7.23. The Morgan fingerprint density at radius 2 is 1.84 bits per heavy atom. The minimum atomic E-state index is -3.35. The summed E-state index contributed by atoms with van der Waals surface area (Å²) < 4.78 is 28.3. The molecule has 2 N–H and O–H groups in total. The molecule has 1 aliphatic rings. The van der Waals surface area contributed by atoms with Gasteiger partial charge >= 0.3 is 0 Å². The maximum atomic E-state index is 12.1. The van der Waals surface area contributed by atoms with E-state index in [1.54, 1.807) is 0 Å². The third-order valence-electron chi connectivity index (χ3n) is 3.78. The SMILES string of the molecule is CCN(CC)CCNS(=O)(=O)N1CCC(CO)CC1. The van der Waals surface area contributed by atoms with Gasteiger partial charge in [0, 0.05) is 32.8 Å². The van der Waals surface area contributed by atoms with E-state index >= 15 is 0 Å². The fraction of sp³-hybridized carbons (Fsp3) is 1.00. The Labute approximate surface area is 117 Å². The molecule has 19 heavy (non-hydrogen) atoms. The maximum absolute atomic E-state index is 12.1. The summed E-state index contributed by atoms with van der Waals surface area (Å²) in [6.45, 7) is 8.35. The lowest BCUT2D eigenvalue weighted by molar-refractivity contribution is 0.169. The van der Waals surface area contributed by atoms with Gasteiger partial charge in [-0.15, -0.1) is 0 Å². The number of aliphatic hydroxyl groups is 1. The molecular weight excluding hydrogens is 266 g/mol. The van der Waals surface area contributed by atoms with E-state index in [0.29, 0.717) is 19.6 Å². The van der Waals surface area contributed by atoms with Gasteiger partial charge in [-0.25, -0.2) is 4.72 Å². The lowest BCUT2D eigenvalue weighted by Crippen LogP contribution is -2.47. The number of aliphatic hydroxyl groups excluding tert-OH is 1. The van der Waals surface area contributed by atoms with E-state index < -0.39 is 10.2 Å². The summed E-state index contributed by atoms with van der Waals surface area (Å²) in [4.78, 5) is 2.18. The number of nitrogens with one attached hydrogen (secondary N) is 1. The van der Waals surface area contributed by atoms with Gasteiger partial charge in [0.2, 0.25) is 0 Å². The van der Waals surface area contributed by atoms with Crippen molar-refractivity contribution in [1.29, 1.82) is 0 Å². The van der Waals surface area contributed by atoms with Crippen molar-refractivity contribution in [3.63, 3.8) is 0 Å². The number of rotatable bonds is 8. The molecule has 0 amide bonds. The molecular formula is C12H27N3O3S. The Morgan fingerprint density at radius 1 is 1.26 bits per heavy atom. The molecule has 6 nitrogen and oxygen atoms in total. The summed E-state index contributed by atoms with van der Waals surface area (Å²) in [5.41, 5.74) is 0. The van der Waals surface area contributed by atoms with Crippen molar-refractivity contribution in [3.8, 4) is 0 Å². The van der Waals surface area contributed by atoms with E-state index in [4.69, 9.17) is 5.11 Å². The molecule has 0 aromatic heterocycles. The highest BCUT2D eigenvalue weighted by molar-refractivity contribution is 7.87. The zero-order chi connectivity index (χ0) is 14.3. The molecule has 1 saturated heterocycles. The monoisotopic (exact) mass is 293 g/mol. The van der Waals surface area contributed by atoms with Crippen molar-refractivity contribution >= 4 is 10.2 Å². The zero-order valence-electron chi connectivity index (χ0n) is 12.0. The van der Waals surface area contributed by atoms with Crippen LogP contribution >= 0.6 is 0 Å². The summed E-state index contributed by atoms with van der Waals surface area (Å²) in [6, 6.07) is 0. The van der Waals surface area contributed by atoms with Crippen LogP contribution in [0.5, 0.6) is 0 Å². The third-order valence-corrected chi connectivity index (χ3v) is 5.39. The van der Waals surface area contributed by atoms with Gasteiger partial charge in [-0.05, 0) is 31.8 Å². The third kappa shape index (κ3) is 5.35. The predicted octanol–water partition coefficient (Wildman–Crippen LogP) is -0.133. The van der Waals surface area contributed by atoms with Crippen LogP contribution in [0.2, 0.25) is 0 Å². The highest BCUT2D eigenvalue weighted by Crippen LogP contribution is 2.18. The second kappa shape index (κ2) is 8.16. The second-order valence-electron chi connectivity index (χ2n) is 4.95. The van der Waals surface area contributed by atoms with E-state index in [1.165, 1.54) is 4.31 Å². The fourth-order valence-electron chi connectivity index (χ4n) is 2.30. The topological polar surface area (TPSA) is 72.9 Å². The van der Waals surface area contributed by atoms with E-state index in [0.717, 1.165) is 32.5 Å². The molecule has 0 atom stereocenters. The molecule has 0 radical (unpaired) electrons. The van der Waals surface area contributed by atoms with Crippen LogP contribution in [-0.4, -0.2) is 68.6 Å². The molecule has 114 valence electrons. The van der Waals surface area contributed by atoms with Crippen LogP contribution in [0.4, 0.5) is 0 Å². The van der Waals surface area contributed by atoms with Crippen LogP contribution in [0.1, 0.15) is 26.7 Å². The van der Waals surface area contributed by atoms with Crippen LogP contribution in [-0.2, 0) is 10.2 Å². The molecule has 0 saturated carbocycles. The minimum absolute atomic E-state index is 0.156. The van der Waals surface area contributed by atoms with Gasteiger partial charge in [-0.1, -0.05) is 13.8 Å². The van der Waals surface area contributed by atoms with Gasteiger partial charge in [-0.3, -0.25) is 0 Å². The van der Waals surface area contributed by atoms with Crippen molar-refractivity contribution in [2.75, 3.05) is 45.9 Å². The summed E-state index contributed by atoms with van der Waals surface area (Å²) in [5.74, 6) is 0.252. The van der Waals surface area contributed by atoms with Gasteiger partial charge in [0.1, 0.15) is 0 Å². The Balaban J connectivity index is 2.36. The fourth-order valence-corrected chi connectivity index (χ4v) is 3.52. The van der Waals surface area contributed by atoms with Crippen molar-refractivity contribution in [1.82, 2.24) is 13.9 Å². The maximum Gasteiger partial charge on any atom is 0.279 e. The molecule has 7 heteroatoms. The van der Waals surface area contributed by atoms with E-state index in [-0.39, 0.29) is 12.5 Å². The number of hydrogen-bond acceptors (Lipinski definition) is 4. The summed E-state index contributed by atoms with van der Waals surface area (Å²) in [6.07, 6.45) is 1.49. The number of likely N-dealkylation sites (N-methyl/N-ethyl adjacent to an activating group) is 1. The van der Waals surface area contributed by atoms with Crippen LogP contribution in [0.25, 0.3) is 0 Å². The number of nitrogens with zero attached hydrogens (tertiary/aromatic N) is 2. The van der Waals surface area contributed by atoms with E-state index in [9.17, 15) is 8.42 Å². The first-order chi connectivity index (χ1) is 9.03.